The van der Waals surface area contributed by atoms with Crippen LogP contribution in [0.5, 0.6) is 0 Å². The number of halogens is 3. The van der Waals surface area contributed by atoms with Crippen molar-refractivity contribution in [2.75, 3.05) is 7.05 Å². The van der Waals surface area contributed by atoms with E-state index in [0.717, 1.165) is 14.7 Å². The second-order valence-corrected chi connectivity index (χ2v) is 6.46. The fourth-order valence-electron chi connectivity index (χ4n) is 1.81. The van der Waals surface area contributed by atoms with Crippen LogP contribution in [0.3, 0.4) is 0 Å². The summed E-state index contributed by atoms with van der Waals surface area (Å²) in [6.45, 7) is 0. The summed E-state index contributed by atoms with van der Waals surface area (Å²) in [5.41, 5.74) is 0.363. The highest BCUT2D eigenvalue weighted by molar-refractivity contribution is 9.11. The minimum Gasteiger partial charge on any atom is -0.313 e. The van der Waals surface area contributed by atoms with Gasteiger partial charge < -0.3 is 5.32 Å². The first-order valence-electron chi connectivity index (χ1n) is 5.46. The van der Waals surface area contributed by atoms with Crippen LogP contribution in [0.15, 0.2) is 34.1 Å². The SMILES string of the molecule is CNC(Cc1ccc(Br)s1)c1cc(F)ccc1F. The normalized spacial score (nSPS) is 12.7. The lowest BCUT2D eigenvalue weighted by atomic mass is 10.0. The Morgan fingerprint density at radius 1 is 1.28 bits per heavy atom. The van der Waals surface area contributed by atoms with Gasteiger partial charge in [0.25, 0.3) is 0 Å². The molecule has 0 amide bonds. The van der Waals surface area contributed by atoms with Crippen LogP contribution in [0, 0.1) is 11.6 Å². The van der Waals surface area contributed by atoms with E-state index in [2.05, 4.69) is 21.2 Å². The van der Waals surface area contributed by atoms with E-state index < -0.39 is 5.82 Å². The van der Waals surface area contributed by atoms with Gasteiger partial charge >= 0.3 is 0 Å². The van der Waals surface area contributed by atoms with E-state index in [1.165, 1.54) is 12.1 Å². The van der Waals surface area contributed by atoms with Crippen molar-refractivity contribution in [2.45, 2.75) is 12.5 Å². The van der Waals surface area contributed by atoms with Crippen molar-refractivity contribution < 1.29 is 8.78 Å². The van der Waals surface area contributed by atoms with E-state index in [0.29, 0.717) is 12.0 Å². The molecule has 1 unspecified atom stereocenters. The molecular weight excluding hydrogens is 320 g/mol. The Morgan fingerprint density at radius 3 is 2.67 bits per heavy atom. The summed E-state index contributed by atoms with van der Waals surface area (Å²) in [6, 6.07) is 7.25. The van der Waals surface area contributed by atoms with Gasteiger partial charge in [0.05, 0.1) is 3.79 Å². The van der Waals surface area contributed by atoms with Gasteiger partial charge in [0.2, 0.25) is 0 Å². The molecule has 2 aromatic rings. The van der Waals surface area contributed by atoms with Gasteiger partial charge in [-0.1, -0.05) is 0 Å². The Morgan fingerprint density at radius 2 is 2.06 bits per heavy atom. The molecular formula is C13H12BrF2NS. The van der Waals surface area contributed by atoms with Gasteiger partial charge in [-0.05, 0) is 53.3 Å². The minimum absolute atomic E-state index is 0.230. The van der Waals surface area contributed by atoms with Crippen LogP contribution in [0.1, 0.15) is 16.5 Å². The third kappa shape index (κ3) is 3.16. The molecule has 1 atom stereocenters. The Bertz CT molecular complexity index is 542. The highest BCUT2D eigenvalue weighted by Gasteiger charge is 2.16. The fourth-order valence-corrected chi connectivity index (χ4v) is 3.34. The van der Waals surface area contributed by atoms with Gasteiger partial charge in [0.1, 0.15) is 11.6 Å². The van der Waals surface area contributed by atoms with Gasteiger partial charge in [-0.2, -0.15) is 0 Å². The van der Waals surface area contributed by atoms with E-state index >= 15 is 0 Å². The summed E-state index contributed by atoms with van der Waals surface area (Å²) in [5.74, 6) is -0.801. The molecule has 0 aliphatic heterocycles. The third-order valence-corrected chi connectivity index (χ3v) is 4.36. The number of hydrogen-bond acceptors (Lipinski definition) is 2. The van der Waals surface area contributed by atoms with E-state index in [9.17, 15) is 8.78 Å². The largest absolute Gasteiger partial charge is 0.313 e. The highest BCUT2D eigenvalue weighted by Crippen LogP contribution is 2.28. The summed E-state index contributed by atoms with van der Waals surface area (Å²) in [4.78, 5) is 1.12. The lowest BCUT2D eigenvalue weighted by molar-refractivity contribution is 0.525. The molecule has 2 rings (SSSR count). The van der Waals surface area contributed by atoms with Crippen LogP contribution >= 0.6 is 27.3 Å². The van der Waals surface area contributed by atoms with E-state index in [4.69, 9.17) is 0 Å². The predicted molar refractivity (Wildman–Crippen MR) is 73.9 cm³/mol. The second kappa shape index (κ2) is 5.91. The summed E-state index contributed by atoms with van der Waals surface area (Å²) in [6.07, 6.45) is 0.632. The maximum absolute atomic E-state index is 13.7. The van der Waals surface area contributed by atoms with Crippen LogP contribution in [0.4, 0.5) is 8.78 Å². The van der Waals surface area contributed by atoms with Crippen molar-refractivity contribution in [1.82, 2.24) is 5.32 Å². The molecule has 1 aromatic heterocycles. The molecule has 0 radical (unpaired) electrons. The first-order valence-corrected chi connectivity index (χ1v) is 7.07. The number of likely N-dealkylation sites (N-methyl/N-ethyl adjacent to an activating group) is 1. The smallest absolute Gasteiger partial charge is 0.128 e. The summed E-state index contributed by atoms with van der Waals surface area (Å²) in [5, 5.41) is 3.03. The first-order chi connectivity index (χ1) is 8.60. The molecule has 0 aliphatic rings. The van der Waals surface area contributed by atoms with Gasteiger partial charge in [0.15, 0.2) is 0 Å². The van der Waals surface area contributed by atoms with Crippen LogP contribution in [-0.2, 0) is 6.42 Å². The van der Waals surface area contributed by atoms with Crippen molar-refractivity contribution in [2.24, 2.45) is 0 Å². The van der Waals surface area contributed by atoms with Crippen molar-refractivity contribution >= 4 is 27.3 Å². The zero-order valence-electron chi connectivity index (χ0n) is 9.71. The molecule has 1 nitrogen and oxygen atoms in total. The average Bonchev–Trinajstić information content (AvgIpc) is 2.75. The second-order valence-electron chi connectivity index (χ2n) is 3.92. The monoisotopic (exact) mass is 331 g/mol. The predicted octanol–water partition coefficient (Wildman–Crippen LogP) is 4.29. The summed E-state index contributed by atoms with van der Waals surface area (Å²) >= 11 is 4.99. The van der Waals surface area contributed by atoms with E-state index in [-0.39, 0.29) is 11.9 Å². The zero-order chi connectivity index (χ0) is 13.1. The molecule has 0 spiro atoms. The van der Waals surface area contributed by atoms with Gasteiger partial charge in [-0.25, -0.2) is 8.78 Å². The van der Waals surface area contributed by atoms with Crippen molar-refractivity contribution in [1.29, 1.82) is 0 Å². The Labute approximate surface area is 117 Å². The highest BCUT2D eigenvalue weighted by atomic mass is 79.9. The van der Waals surface area contributed by atoms with Crippen LogP contribution in [0.2, 0.25) is 0 Å². The lowest BCUT2D eigenvalue weighted by Gasteiger charge is -2.16. The number of nitrogens with one attached hydrogen (secondary N) is 1. The van der Waals surface area contributed by atoms with Gasteiger partial charge in [0, 0.05) is 22.9 Å². The first kappa shape index (κ1) is 13.6. The van der Waals surface area contributed by atoms with Crippen LogP contribution < -0.4 is 5.32 Å². The Kier molecular flexibility index (Phi) is 4.48. The number of benzene rings is 1. The fraction of sp³-hybridized carbons (Fsp3) is 0.231. The Balaban J connectivity index is 2.25. The van der Waals surface area contributed by atoms with Crippen LogP contribution in [0.25, 0.3) is 0 Å². The van der Waals surface area contributed by atoms with Crippen molar-refractivity contribution in [3.8, 4) is 0 Å². The van der Waals surface area contributed by atoms with Crippen molar-refractivity contribution in [3.63, 3.8) is 0 Å². The van der Waals surface area contributed by atoms with Crippen molar-refractivity contribution in [3.05, 3.63) is 56.2 Å². The van der Waals surface area contributed by atoms with E-state index in [1.807, 2.05) is 12.1 Å². The van der Waals surface area contributed by atoms with Gasteiger partial charge in [-0.3, -0.25) is 0 Å². The molecule has 1 heterocycles. The number of thiophene rings is 1. The Hall–Kier alpha value is -0.780. The topological polar surface area (TPSA) is 12.0 Å². The molecule has 0 aliphatic carbocycles. The van der Waals surface area contributed by atoms with Gasteiger partial charge in [-0.15, -0.1) is 11.3 Å². The molecule has 0 bridgehead atoms. The molecule has 5 heteroatoms. The maximum Gasteiger partial charge on any atom is 0.128 e. The minimum atomic E-state index is -0.418. The molecule has 96 valence electrons. The third-order valence-electron chi connectivity index (χ3n) is 2.72. The van der Waals surface area contributed by atoms with E-state index in [1.54, 1.807) is 18.4 Å². The maximum atomic E-state index is 13.7. The molecule has 0 saturated heterocycles. The zero-order valence-corrected chi connectivity index (χ0v) is 12.1. The summed E-state index contributed by atoms with van der Waals surface area (Å²) < 4.78 is 27.9. The molecule has 18 heavy (non-hydrogen) atoms. The molecule has 1 N–H and O–H groups in total. The van der Waals surface area contributed by atoms with Crippen LogP contribution in [-0.4, -0.2) is 7.05 Å². The average molecular weight is 332 g/mol. The molecule has 0 saturated carbocycles. The summed E-state index contributed by atoms with van der Waals surface area (Å²) in [7, 11) is 1.75. The number of rotatable bonds is 4. The molecule has 0 fully saturated rings. The lowest BCUT2D eigenvalue weighted by Crippen LogP contribution is -2.19. The standard InChI is InChI=1S/C13H12BrF2NS/c1-17-12(7-9-3-5-13(14)18-9)10-6-8(15)2-4-11(10)16/h2-6,12,17H,7H2,1H3. The molecule has 1 aromatic carbocycles. The quantitative estimate of drug-likeness (QED) is 0.881. The number of hydrogen-bond donors (Lipinski definition) is 1.